The molecule has 1 aliphatic heterocycles. The van der Waals surface area contributed by atoms with Crippen molar-refractivity contribution >= 4 is 15.4 Å². The molecule has 0 aromatic heterocycles. The summed E-state index contributed by atoms with van der Waals surface area (Å²) in [5.74, 6) is 4.53. The fourth-order valence-corrected chi connectivity index (χ4v) is 3.88. The van der Waals surface area contributed by atoms with Gasteiger partial charge in [-0.3, -0.25) is 4.21 Å². The molecular formula is C10H12OS. The van der Waals surface area contributed by atoms with Crippen LogP contribution in [-0.2, 0) is 15.9 Å². The van der Waals surface area contributed by atoms with Gasteiger partial charge in [-0.05, 0) is 39.9 Å². The second kappa shape index (κ2) is 2.36. The molecule has 1 aliphatic rings. The van der Waals surface area contributed by atoms with Crippen LogP contribution >= 0.6 is 0 Å². The Kier molecular flexibility index (Phi) is 1.55. The third kappa shape index (κ3) is 0.985. The molecule has 0 aliphatic carbocycles. The van der Waals surface area contributed by atoms with Crippen molar-refractivity contribution in [1.29, 1.82) is 0 Å². The summed E-state index contributed by atoms with van der Waals surface area (Å²) < 4.78 is 11.9. The summed E-state index contributed by atoms with van der Waals surface area (Å²) >= 11 is 0. The van der Waals surface area contributed by atoms with Gasteiger partial charge < -0.3 is 0 Å². The number of fused-ring (bicyclic) bond motifs is 1. The monoisotopic (exact) mass is 180 g/mol. The molecule has 1 atom stereocenters. The minimum absolute atomic E-state index is 0.729. The fraction of sp³-hybridized carbons (Fsp3) is 0.300. The molecule has 1 aromatic rings. The Morgan fingerprint density at radius 3 is 2.92 bits per heavy atom. The van der Waals surface area contributed by atoms with Crippen molar-refractivity contribution in [3.05, 3.63) is 29.3 Å². The van der Waals surface area contributed by atoms with Gasteiger partial charge in [0.05, 0.1) is 0 Å². The van der Waals surface area contributed by atoms with E-state index in [9.17, 15) is 4.21 Å². The van der Waals surface area contributed by atoms with Gasteiger partial charge in [-0.1, -0.05) is 18.2 Å². The second-order valence-electron chi connectivity index (χ2n) is 3.33. The highest BCUT2D eigenvalue weighted by atomic mass is 32.2. The molecule has 1 aromatic carbocycles. The quantitative estimate of drug-likeness (QED) is 0.555. The van der Waals surface area contributed by atoms with E-state index in [1.165, 1.54) is 5.56 Å². The largest absolute Gasteiger partial charge is 0.263 e. The molecule has 0 N–H and O–H groups in total. The number of hydrogen-bond acceptors (Lipinski definition) is 1. The van der Waals surface area contributed by atoms with Gasteiger partial charge in [0.15, 0.2) is 0 Å². The first kappa shape index (κ1) is 7.87. The van der Waals surface area contributed by atoms with Crippen LogP contribution in [0.5, 0.6) is 0 Å². The first-order valence-corrected chi connectivity index (χ1v) is 5.94. The zero-order valence-electron chi connectivity index (χ0n) is 7.17. The average Bonchev–Trinajstić information content (AvgIpc) is 2.29. The number of hydrogen-bond donors (Lipinski definition) is 0. The number of aryl methyl sites for hydroxylation is 2. The van der Waals surface area contributed by atoms with E-state index in [-0.39, 0.29) is 0 Å². The van der Waals surface area contributed by atoms with Crippen molar-refractivity contribution < 1.29 is 4.21 Å². The van der Waals surface area contributed by atoms with E-state index in [1.807, 2.05) is 19.1 Å². The Bertz CT molecular complexity index is 415. The van der Waals surface area contributed by atoms with E-state index in [4.69, 9.17) is 0 Å². The molecule has 64 valence electrons. The topological polar surface area (TPSA) is 17.1 Å². The molecule has 0 spiro atoms. The molecule has 2 rings (SSSR count). The van der Waals surface area contributed by atoms with Crippen LogP contribution in [0.4, 0.5) is 0 Å². The van der Waals surface area contributed by atoms with Crippen LogP contribution in [0.1, 0.15) is 11.1 Å². The first-order valence-electron chi connectivity index (χ1n) is 4.05. The Morgan fingerprint density at radius 1 is 1.50 bits per heavy atom. The maximum Gasteiger partial charge on any atom is 0.0366 e. The third-order valence-corrected chi connectivity index (χ3v) is 4.56. The van der Waals surface area contributed by atoms with Crippen LogP contribution in [-0.4, -0.2) is 15.8 Å². The molecule has 0 radical (unpaired) electrons. The minimum atomic E-state index is -1.94. The van der Waals surface area contributed by atoms with Crippen molar-refractivity contribution in [1.82, 2.24) is 0 Å². The van der Waals surface area contributed by atoms with Crippen LogP contribution in [0.25, 0.3) is 0 Å². The molecule has 0 saturated carbocycles. The third-order valence-electron chi connectivity index (χ3n) is 2.37. The van der Waals surface area contributed by atoms with Crippen LogP contribution < -0.4 is 0 Å². The van der Waals surface area contributed by atoms with Crippen LogP contribution in [0.2, 0.25) is 0 Å². The van der Waals surface area contributed by atoms with Gasteiger partial charge in [-0.15, -0.1) is 0 Å². The van der Waals surface area contributed by atoms with Crippen molar-refractivity contribution in [2.45, 2.75) is 18.2 Å². The molecule has 0 bridgehead atoms. The van der Waals surface area contributed by atoms with Gasteiger partial charge in [-0.2, -0.15) is 0 Å². The van der Waals surface area contributed by atoms with Gasteiger partial charge in [0, 0.05) is 10.6 Å². The Labute approximate surface area is 73.4 Å². The van der Waals surface area contributed by atoms with Gasteiger partial charge in [0.2, 0.25) is 0 Å². The molecule has 1 unspecified atom stereocenters. The molecule has 12 heavy (non-hydrogen) atoms. The molecule has 0 fully saturated rings. The van der Waals surface area contributed by atoms with Gasteiger partial charge >= 0.3 is 0 Å². The van der Waals surface area contributed by atoms with Crippen molar-refractivity contribution in [2.24, 2.45) is 0 Å². The van der Waals surface area contributed by atoms with E-state index >= 15 is 0 Å². The maximum absolute atomic E-state index is 11.9. The summed E-state index contributed by atoms with van der Waals surface area (Å²) in [6, 6.07) is 6.09. The van der Waals surface area contributed by atoms with Gasteiger partial charge in [0.25, 0.3) is 0 Å². The molecule has 1 heterocycles. The predicted octanol–water partition coefficient (Wildman–Crippen LogP) is 1.63. The van der Waals surface area contributed by atoms with E-state index in [0.717, 1.165) is 22.6 Å². The molecular weight excluding hydrogens is 168 g/mol. The summed E-state index contributed by atoms with van der Waals surface area (Å²) in [6.07, 6.45) is 0.930. The van der Waals surface area contributed by atoms with E-state index in [1.54, 1.807) is 0 Å². The lowest BCUT2D eigenvalue weighted by Gasteiger charge is -2.04. The van der Waals surface area contributed by atoms with E-state index < -0.39 is 9.52 Å². The van der Waals surface area contributed by atoms with Crippen LogP contribution in [0, 0.1) is 6.92 Å². The van der Waals surface area contributed by atoms with Crippen LogP contribution in [0.3, 0.4) is 0 Å². The lowest BCUT2D eigenvalue weighted by Crippen LogP contribution is -2.00. The standard InChI is InChI=1S/C10H12OS/c1-8-4-3-5-9-6-7-12(2,11)10(8)9/h3-5H,2,6-7H2,1H3. The van der Waals surface area contributed by atoms with Crippen LogP contribution in [0.15, 0.2) is 23.1 Å². The first-order chi connectivity index (χ1) is 5.61. The predicted molar refractivity (Wildman–Crippen MR) is 53.3 cm³/mol. The Hall–Kier alpha value is -0.760. The highest BCUT2D eigenvalue weighted by molar-refractivity contribution is 8.00. The molecule has 0 saturated heterocycles. The Morgan fingerprint density at radius 2 is 2.25 bits per heavy atom. The zero-order valence-corrected chi connectivity index (χ0v) is 7.99. The second-order valence-corrected chi connectivity index (χ2v) is 5.77. The Balaban J connectivity index is 2.81. The lowest BCUT2D eigenvalue weighted by molar-refractivity contribution is 0.683. The fourth-order valence-electron chi connectivity index (χ4n) is 1.82. The summed E-state index contributed by atoms with van der Waals surface area (Å²) in [5, 5.41) is 0. The van der Waals surface area contributed by atoms with Crippen molar-refractivity contribution in [2.75, 3.05) is 5.75 Å². The van der Waals surface area contributed by atoms with Crippen molar-refractivity contribution in [3.8, 4) is 0 Å². The number of rotatable bonds is 0. The molecule has 2 heteroatoms. The maximum atomic E-state index is 11.9. The average molecular weight is 180 g/mol. The molecule has 0 amide bonds. The smallest absolute Gasteiger partial charge is 0.0366 e. The zero-order chi connectivity index (χ0) is 8.77. The normalized spacial score (nSPS) is 27.1. The highest BCUT2D eigenvalue weighted by Gasteiger charge is 2.21. The van der Waals surface area contributed by atoms with E-state index in [0.29, 0.717) is 0 Å². The lowest BCUT2D eigenvalue weighted by atomic mass is 10.1. The molecule has 1 nitrogen and oxygen atoms in total. The summed E-state index contributed by atoms with van der Waals surface area (Å²) in [6.45, 7) is 2.01. The SMILES string of the molecule is C=S1(=O)CCc2cccc(C)c21. The summed E-state index contributed by atoms with van der Waals surface area (Å²) in [4.78, 5) is 1.02. The van der Waals surface area contributed by atoms with Crippen molar-refractivity contribution in [3.63, 3.8) is 0 Å². The van der Waals surface area contributed by atoms with Gasteiger partial charge in [-0.25, -0.2) is 0 Å². The van der Waals surface area contributed by atoms with Gasteiger partial charge in [0.1, 0.15) is 0 Å². The summed E-state index contributed by atoms with van der Waals surface area (Å²) in [7, 11) is -1.94. The summed E-state index contributed by atoms with van der Waals surface area (Å²) in [5.41, 5.74) is 2.36. The highest BCUT2D eigenvalue weighted by Crippen LogP contribution is 2.28. The van der Waals surface area contributed by atoms with E-state index in [2.05, 4.69) is 11.9 Å². The minimum Gasteiger partial charge on any atom is -0.263 e. The number of benzene rings is 1.